The average Bonchev–Trinajstić information content (AvgIpc) is 2.56. The van der Waals surface area contributed by atoms with Crippen molar-refractivity contribution >= 4 is 39.9 Å². The number of amides is 1. The van der Waals surface area contributed by atoms with Crippen molar-refractivity contribution in [2.75, 3.05) is 23.8 Å². The highest BCUT2D eigenvalue weighted by Gasteiger charge is 2.03. The number of anilines is 2. The van der Waals surface area contributed by atoms with Crippen molar-refractivity contribution in [3.63, 3.8) is 0 Å². The fraction of sp³-hybridized carbons (Fsp3) is 0.316. The number of nitrogens with one attached hydrogen (secondary N) is 2. The Morgan fingerprint density at radius 2 is 1.67 bits per heavy atom. The first-order valence-corrected chi connectivity index (χ1v) is 9.13. The molecule has 0 heterocycles. The molecule has 1 amide bonds. The fourth-order valence-corrected chi connectivity index (χ4v) is 2.36. The highest BCUT2D eigenvalue weighted by molar-refractivity contribution is 14.1. The van der Waals surface area contributed by atoms with Crippen LogP contribution in [0.15, 0.2) is 48.5 Å². The highest BCUT2D eigenvalue weighted by Crippen LogP contribution is 2.16. The van der Waals surface area contributed by atoms with Crippen molar-refractivity contribution in [1.29, 1.82) is 0 Å². The summed E-state index contributed by atoms with van der Waals surface area (Å²) >= 11 is 2.25. The van der Waals surface area contributed by atoms with E-state index in [1.54, 1.807) is 0 Å². The molecule has 0 radical (unpaired) electrons. The van der Waals surface area contributed by atoms with Gasteiger partial charge in [0.2, 0.25) is 5.91 Å². The van der Waals surface area contributed by atoms with Gasteiger partial charge in [0.15, 0.2) is 0 Å². The maximum atomic E-state index is 12.0. The van der Waals surface area contributed by atoms with Gasteiger partial charge in [0.25, 0.3) is 0 Å². The molecular weight excluding hydrogens is 415 g/mol. The number of hydrogen-bond acceptors (Lipinski definition) is 3. The second-order valence-electron chi connectivity index (χ2n) is 5.96. The third kappa shape index (κ3) is 6.78. The van der Waals surface area contributed by atoms with Gasteiger partial charge in [0, 0.05) is 14.9 Å². The van der Waals surface area contributed by atoms with Gasteiger partial charge >= 0.3 is 0 Å². The number of carbonyl (C=O) groups excluding carboxylic acids is 1. The van der Waals surface area contributed by atoms with Gasteiger partial charge < -0.3 is 15.4 Å². The Bertz CT molecular complexity index is 639. The summed E-state index contributed by atoms with van der Waals surface area (Å²) in [6.45, 7) is 5.29. The van der Waals surface area contributed by atoms with Crippen LogP contribution in [0.2, 0.25) is 0 Å². The van der Waals surface area contributed by atoms with Crippen molar-refractivity contribution in [2.45, 2.75) is 20.3 Å². The number of hydrogen-bond donors (Lipinski definition) is 2. The number of rotatable bonds is 8. The van der Waals surface area contributed by atoms with E-state index in [0.29, 0.717) is 12.5 Å². The van der Waals surface area contributed by atoms with Crippen LogP contribution in [-0.4, -0.2) is 19.1 Å². The molecule has 0 fully saturated rings. The predicted octanol–water partition coefficient (Wildman–Crippen LogP) is 4.77. The summed E-state index contributed by atoms with van der Waals surface area (Å²) in [5.74, 6) is 1.37. The molecule has 5 heteroatoms. The van der Waals surface area contributed by atoms with Crippen LogP contribution in [0.1, 0.15) is 20.3 Å². The third-order valence-electron chi connectivity index (χ3n) is 3.40. The second kappa shape index (κ2) is 9.52. The van der Waals surface area contributed by atoms with Gasteiger partial charge in [-0.25, -0.2) is 0 Å². The molecule has 0 aliphatic rings. The van der Waals surface area contributed by atoms with Crippen LogP contribution in [0, 0.1) is 9.49 Å². The van der Waals surface area contributed by atoms with E-state index in [9.17, 15) is 4.79 Å². The van der Waals surface area contributed by atoms with Crippen molar-refractivity contribution in [2.24, 2.45) is 5.92 Å². The van der Waals surface area contributed by atoms with E-state index in [0.717, 1.165) is 23.5 Å². The lowest BCUT2D eigenvalue weighted by molar-refractivity contribution is -0.114. The average molecular weight is 438 g/mol. The summed E-state index contributed by atoms with van der Waals surface area (Å²) < 4.78 is 6.83. The SMILES string of the molecule is CC(C)CCOc1ccc(NC(=O)CNc2ccc(I)cc2)cc1. The minimum atomic E-state index is -0.0815. The quantitative estimate of drug-likeness (QED) is 0.584. The van der Waals surface area contributed by atoms with Gasteiger partial charge in [0.05, 0.1) is 13.2 Å². The fourth-order valence-electron chi connectivity index (χ4n) is 2.00. The summed E-state index contributed by atoms with van der Waals surface area (Å²) in [5.41, 5.74) is 1.69. The molecule has 0 saturated heterocycles. The van der Waals surface area contributed by atoms with E-state index in [4.69, 9.17) is 4.74 Å². The molecule has 0 spiro atoms. The lowest BCUT2D eigenvalue weighted by Crippen LogP contribution is -2.21. The van der Waals surface area contributed by atoms with Crippen LogP contribution in [-0.2, 0) is 4.79 Å². The summed E-state index contributed by atoms with van der Waals surface area (Å²) in [6, 6.07) is 15.4. The first kappa shape index (κ1) is 18.6. The normalized spacial score (nSPS) is 10.5. The smallest absolute Gasteiger partial charge is 0.243 e. The molecule has 2 N–H and O–H groups in total. The topological polar surface area (TPSA) is 50.4 Å². The zero-order valence-corrected chi connectivity index (χ0v) is 16.2. The zero-order chi connectivity index (χ0) is 17.4. The van der Waals surface area contributed by atoms with Crippen LogP contribution in [0.25, 0.3) is 0 Å². The standard InChI is InChI=1S/C19H23IN2O2/c1-14(2)11-12-24-18-9-7-17(8-10-18)22-19(23)13-21-16-5-3-15(20)4-6-16/h3-10,14,21H,11-13H2,1-2H3,(H,22,23). The molecule has 0 unspecified atom stereocenters. The lowest BCUT2D eigenvalue weighted by Gasteiger charge is -2.10. The molecule has 0 bridgehead atoms. The second-order valence-corrected chi connectivity index (χ2v) is 7.21. The Kier molecular flexibility index (Phi) is 7.36. The lowest BCUT2D eigenvalue weighted by atomic mass is 10.1. The summed E-state index contributed by atoms with van der Waals surface area (Å²) in [5, 5.41) is 5.97. The molecule has 128 valence electrons. The van der Waals surface area contributed by atoms with E-state index >= 15 is 0 Å². The number of carbonyl (C=O) groups is 1. The van der Waals surface area contributed by atoms with Crippen LogP contribution in [0.5, 0.6) is 5.75 Å². The first-order valence-electron chi connectivity index (χ1n) is 8.05. The molecule has 0 aromatic heterocycles. The van der Waals surface area contributed by atoms with Gasteiger partial charge in [-0.15, -0.1) is 0 Å². The molecule has 2 aromatic rings. The van der Waals surface area contributed by atoms with Crippen LogP contribution in [0.4, 0.5) is 11.4 Å². The summed E-state index contributed by atoms with van der Waals surface area (Å²) in [7, 11) is 0. The highest BCUT2D eigenvalue weighted by atomic mass is 127. The molecule has 2 aromatic carbocycles. The number of ether oxygens (including phenoxy) is 1. The van der Waals surface area contributed by atoms with Crippen LogP contribution < -0.4 is 15.4 Å². The minimum absolute atomic E-state index is 0.0815. The van der Waals surface area contributed by atoms with Gasteiger partial charge in [-0.2, -0.15) is 0 Å². The van der Waals surface area contributed by atoms with E-state index in [1.165, 1.54) is 3.57 Å². The largest absolute Gasteiger partial charge is 0.494 e. The summed E-state index contributed by atoms with van der Waals surface area (Å²) in [6.07, 6.45) is 1.03. The van der Waals surface area contributed by atoms with Crippen molar-refractivity contribution < 1.29 is 9.53 Å². The predicted molar refractivity (Wildman–Crippen MR) is 108 cm³/mol. The van der Waals surface area contributed by atoms with E-state index in [2.05, 4.69) is 47.1 Å². The molecular formula is C19H23IN2O2. The Labute approximate surface area is 157 Å². The molecule has 2 rings (SSSR count). The molecule has 0 aliphatic heterocycles. The number of halogens is 1. The Hall–Kier alpha value is -1.76. The van der Waals surface area contributed by atoms with E-state index in [-0.39, 0.29) is 12.5 Å². The Morgan fingerprint density at radius 3 is 2.29 bits per heavy atom. The summed E-state index contributed by atoms with van der Waals surface area (Å²) in [4.78, 5) is 12.0. The maximum Gasteiger partial charge on any atom is 0.243 e. The first-order chi connectivity index (χ1) is 11.5. The van der Waals surface area contributed by atoms with Crippen LogP contribution >= 0.6 is 22.6 Å². The molecule has 0 saturated carbocycles. The minimum Gasteiger partial charge on any atom is -0.494 e. The van der Waals surface area contributed by atoms with Gasteiger partial charge in [0.1, 0.15) is 5.75 Å². The van der Waals surface area contributed by atoms with Crippen LogP contribution in [0.3, 0.4) is 0 Å². The molecule has 0 aliphatic carbocycles. The van der Waals surface area contributed by atoms with E-state index in [1.807, 2.05) is 48.5 Å². The molecule has 0 atom stereocenters. The monoisotopic (exact) mass is 438 g/mol. The maximum absolute atomic E-state index is 12.0. The van der Waals surface area contributed by atoms with Crippen molar-refractivity contribution in [3.05, 3.63) is 52.1 Å². The number of benzene rings is 2. The van der Waals surface area contributed by atoms with Gasteiger partial charge in [-0.1, -0.05) is 13.8 Å². The van der Waals surface area contributed by atoms with E-state index < -0.39 is 0 Å². The van der Waals surface area contributed by atoms with Crippen molar-refractivity contribution in [1.82, 2.24) is 0 Å². The van der Waals surface area contributed by atoms with Crippen molar-refractivity contribution in [3.8, 4) is 5.75 Å². The van der Waals surface area contributed by atoms with Gasteiger partial charge in [-0.3, -0.25) is 4.79 Å². The molecule has 4 nitrogen and oxygen atoms in total. The Balaban J connectivity index is 1.76. The molecule has 24 heavy (non-hydrogen) atoms. The van der Waals surface area contributed by atoms with Gasteiger partial charge in [-0.05, 0) is 83.5 Å². The zero-order valence-electron chi connectivity index (χ0n) is 14.0. The Morgan fingerprint density at radius 1 is 1.04 bits per heavy atom. The third-order valence-corrected chi connectivity index (χ3v) is 4.12.